The van der Waals surface area contributed by atoms with Gasteiger partial charge in [-0.15, -0.1) is 0 Å². The molecule has 8 nitrogen and oxygen atoms in total. The number of amidine groups is 4. The number of hydrogen-bond donors (Lipinski definition) is 2. The average Bonchev–Trinajstić information content (AvgIpc) is 3.72. The highest BCUT2D eigenvalue weighted by molar-refractivity contribution is 6.12. The summed E-state index contributed by atoms with van der Waals surface area (Å²) < 4.78 is 0. The van der Waals surface area contributed by atoms with Crippen LogP contribution in [0.2, 0.25) is 0 Å². The Hall–Kier alpha value is -5.24. The zero-order valence-corrected chi connectivity index (χ0v) is 21.2. The van der Waals surface area contributed by atoms with Crippen LogP contribution in [0.15, 0.2) is 117 Å². The molecule has 6 aliphatic rings. The van der Waals surface area contributed by atoms with E-state index < -0.39 is 0 Å². The van der Waals surface area contributed by atoms with Gasteiger partial charge in [-0.2, -0.15) is 0 Å². The number of fused-ring (bicyclic) bond motifs is 16. The van der Waals surface area contributed by atoms with Gasteiger partial charge < -0.3 is 10.6 Å². The predicted octanol–water partition coefficient (Wildman–Crippen LogP) is 4.55. The molecular weight excluding hydrogens is 496 g/mol. The first-order valence-electron chi connectivity index (χ1n) is 13.6. The second-order valence-corrected chi connectivity index (χ2v) is 10.7. The highest BCUT2D eigenvalue weighted by Crippen LogP contribution is 2.48. The first kappa shape index (κ1) is 20.7. The summed E-state index contributed by atoms with van der Waals surface area (Å²) in [5, 5.41) is 11.8. The van der Waals surface area contributed by atoms with Crippen molar-refractivity contribution in [2.45, 2.75) is 24.7 Å². The number of nitrogens with one attached hydrogen (secondary N) is 2. The first-order chi connectivity index (χ1) is 19.8. The van der Waals surface area contributed by atoms with Crippen LogP contribution in [0.1, 0.15) is 69.2 Å². The molecule has 6 heterocycles. The molecule has 0 saturated carbocycles. The van der Waals surface area contributed by atoms with Crippen molar-refractivity contribution in [2.75, 3.05) is 0 Å². The van der Waals surface area contributed by atoms with Crippen molar-refractivity contribution in [1.29, 1.82) is 0 Å². The number of hydrazine groups is 1. The van der Waals surface area contributed by atoms with Crippen molar-refractivity contribution in [2.24, 2.45) is 20.0 Å². The Morgan fingerprint density at radius 2 is 0.800 bits per heavy atom. The summed E-state index contributed by atoms with van der Waals surface area (Å²) >= 11 is 0. The Morgan fingerprint density at radius 3 is 1.25 bits per heavy atom. The molecule has 4 aromatic rings. The van der Waals surface area contributed by atoms with E-state index in [0.717, 1.165) is 67.9 Å². The van der Waals surface area contributed by atoms with Gasteiger partial charge in [0.1, 0.15) is 24.0 Å². The third kappa shape index (κ3) is 2.51. The molecule has 40 heavy (non-hydrogen) atoms. The van der Waals surface area contributed by atoms with E-state index in [9.17, 15) is 0 Å². The molecule has 4 atom stereocenters. The molecule has 6 aliphatic heterocycles. The standard InChI is InChI=1S/C32H22N8/c1-2-10-18-17(9-1)25-33-26(18)36-30-23-15-7-8-16-24(23)32-38-28-20-12-4-3-11-19(20)27(34-28)37-31-22-14-6-5-13-21(22)29(35-25)39(31)40(30)32/h1-16,25,28,30-31H,(H,33,36)(H,34,37). The van der Waals surface area contributed by atoms with Gasteiger partial charge in [-0.1, -0.05) is 97.1 Å². The van der Waals surface area contributed by atoms with Crippen LogP contribution in [0, 0.1) is 0 Å². The zero-order chi connectivity index (χ0) is 25.9. The summed E-state index contributed by atoms with van der Waals surface area (Å²) in [6.07, 6.45) is -1.17. The molecule has 4 bridgehead atoms. The van der Waals surface area contributed by atoms with Crippen LogP contribution in [0.3, 0.4) is 0 Å². The van der Waals surface area contributed by atoms with E-state index in [1.54, 1.807) is 0 Å². The van der Waals surface area contributed by atoms with Gasteiger partial charge in [0.15, 0.2) is 24.0 Å². The largest absolute Gasteiger partial charge is 0.344 e. The molecule has 4 aromatic carbocycles. The lowest BCUT2D eigenvalue weighted by Crippen LogP contribution is -2.47. The summed E-state index contributed by atoms with van der Waals surface area (Å²) in [5.74, 6) is 3.45. The van der Waals surface area contributed by atoms with Crippen molar-refractivity contribution in [3.63, 3.8) is 0 Å². The number of nitrogens with zero attached hydrogens (tertiary/aromatic N) is 6. The lowest BCUT2D eigenvalue weighted by atomic mass is 10.1. The van der Waals surface area contributed by atoms with E-state index in [4.69, 9.17) is 20.0 Å². The summed E-state index contributed by atoms with van der Waals surface area (Å²) in [7, 11) is 0. The van der Waals surface area contributed by atoms with Crippen LogP contribution in [0.5, 0.6) is 0 Å². The maximum Gasteiger partial charge on any atom is 0.170 e. The lowest BCUT2D eigenvalue weighted by Gasteiger charge is -2.37. The molecule has 4 unspecified atom stereocenters. The molecule has 0 fully saturated rings. The van der Waals surface area contributed by atoms with E-state index in [-0.39, 0.29) is 24.7 Å². The van der Waals surface area contributed by atoms with Crippen molar-refractivity contribution < 1.29 is 0 Å². The van der Waals surface area contributed by atoms with Gasteiger partial charge in [0, 0.05) is 44.5 Å². The van der Waals surface area contributed by atoms with Gasteiger partial charge in [-0.05, 0) is 0 Å². The second-order valence-electron chi connectivity index (χ2n) is 10.7. The number of benzene rings is 4. The second kappa shape index (κ2) is 7.24. The maximum atomic E-state index is 5.42. The van der Waals surface area contributed by atoms with Crippen molar-refractivity contribution in [3.8, 4) is 0 Å². The molecule has 2 N–H and O–H groups in total. The molecule has 0 radical (unpaired) electrons. The van der Waals surface area contributed by atoms with Crippen molar-refractivity contribution in [3.05, 3.63) is 142 Å². The van der Waals surface area contributed by atoms with Crippen LogP contribution in [-0.2, 0) is 0 Å². The highest BCUT2D eigenvalue weighted by Gasteiger charge is 2.50. The van der Waals surface area contributed by atoms with Gasteiger partial charge in [0.05, 0.1) is 0 Å². The molecule has 10 rings (SSSR count). The van der Waals surface area contributed by atoms with Crippen molar-refractivity contribution in [1.82, 2.24) is 20.7 Å². The lowest BCUT2D eigenvalue weighted by molar-refractivity contribution is 0.0602. The van der Waals surface area contributed by atoms with E-state index in [0.29, 0.717) is 0 Å². The minimum Gasteiger partial charge on any atom is -0.344 e. The highest BCUT2D eigenvalue weighted by atomic mass is 15.7. The fraction of sp³-hybridized carbons (Fsp3) is 0.125. The predicted molar refractivity (Wildman–Crippen MR) is 153 cm³/mol. The molecule has 0 amide bonds. The molecule has 8 heteroatoms. The van der Waals surface area contributed by atoms with Gasteiger partial charge in [0.2, 0.25) is 0 Å². The number of rotatable bonds is 0. The third-order valence-electron chi connectivity index (χ3n) is 8.66. The summed E-state index contributed by atoms with van der Waals surface area (Å²) in [4.78, 5) is 21.7. The third-order valence-corrected chi connectivity index (χ3v) is 8.66. The van der Waals surface area contributed by atoms with Crippen LogP contribution < -0.4 is 10.6 Å². The Balaban J connectivity index is 1.33. The number of aliphatic imine (C=N–C) groups is 4. The minimum atomic E-state index is -0.337. The van der Waals surface area contributed by atoms with E-state index >= 15 is 0 Å². The molecular formula is C32H22N8. The van der Waals surface area contributed by atoms with Gasteiger partial charge in [-0.25, -0.2) is 30.0 Å². The normalized spacial score (nSPS) is 25.4. The molecule has 0 aliphatic carbocycles. The first-order valence-corrected chi connectivity index (χ1v) is 13.6. The Morgan fingerprint density at radius 1 is 0.425 bits per heavy atom. The molecule has 0 saturated heterocycles. The van der Waals surface area contributed by atoms with Gasteiger partial charge >= 0.3 is 0 Å². The maximum absolute atomic E-state index is 5.42. The smallest absolute Gasteiger partial charge is 0.170 e. The SMILES string of the molecule is c1ccc2c(c1)C1=NC3c4ccccc4C4=NC5NC(=NC6c7ccccc7C(=NC2N1)N6N43)c1ccccc15. The molecule has 0 spiro atoms. The van der Waals surface area contributed by atoms with E-state index in [1.165, 1.54) is 0 Å². The molecule has 0 aromatic heterocycles. The summed E-state index contributed by atoms with van der Waals surface area (Å²) in [5.41, 5.74) is 8.83. The number of hydrogen-bond acceptors (Lipinski definition) is 8. The summed E-state index contributed by atoms with van der Waals surface area (Å²) in [6, 6.07) is 33.8. The monoisotopic (exact) mass is 518 g/mol. The quantitative estimate of drug-likeness (QED) is 0.358. The fourth-order valence-corrected chi connectivity index (χ4v) is 6.92. The Labute approximate surface area is 230 Å². The summed E-state index contributed by atoms with van der Waals surface area (Å²) in [6.45, 7) is 0. The minimum absolute atomic E-state index is 0.247. The van der Waals surface area contributed by atoms with Crippen molar-refractivity contribution >= 4 is 23.3 Å². The zero-order valence-electron chi connectivity index (χ0n) is 21.2. The molecule has 190 valence electrons. The van der Waals surface area contributed by atoms with E-state index in [2.05, 4.69) is 118 Å². The Bertz CT molecular complexity index is 1780. The topological polar surface area (TPSA) is 80.0 Å². The van der Waals surface area contributed by atoms with Gasteiger partial charge in [0.25, 0.3) is 0 Å². The Kier molecular flexibility index (Phi) is 3.74. The van der Waals surface area contributed by atoms with Crippen LogP contribution in [0.4, 0.5) is 0 Å². The van der Waals surface area contributed by atoms with E-state index in [1.807, 2.05) is 0 Å². The van der Waals surface area contributed by atoms with Crippen LogP contribution >= 0.6 is 0 Å². The van der Waals surface area contributed by atoms with Crippen LogP contribution in [0.25, 0.3) is 0 Å². The van der Waals surface area contributed by atoms with Crippen LogP contribution in [-0.4, -0.2) is 33.4 Å². The fourth-order valence-electron chi connectivity index (χ4n) is 6.92. The van der Waals surface area contributed by atoms with Gasteiger partial charge in [-0.3, -0.25) is 0 Å². The average molecular weight is 519 g/mol.